The summed E-state index contributed by atoms with van der Waals surface area (Å²) in [7, 11) is -4.59. The third kappa shape index (κ3) is 31.3. The molecule has 0 aliphatic carbocycles. The van der Waals surface area contributed by atoms with E-state index < -0.39 is 45.1 Å². The minimum atomic E-state index is -4.59. The van der Waals surface area contributed by atoms with E-state index in [0.29, 0.717) is 6.61 Å². The molecule has 0 aromatic carbocycles. The molecular formula is C34H68NO9P. The van der Waals surface area contributed by atoms with E-state index in [1.165, 1.54) is 109 Å². The van der Waals surface area contributed by atoms with Gasteiger partial charge in [-0.1, -0.05) is 149 Å². The summed E-state index contributed by atoms with van der Waals surface area (Å²) in [6, 6.07) is -1.47. The van der Waals surface area contributed by atoms with E-state index in [0.717, 1.165) is 38.5 Å². The molecule has 3 unspecified atom stereocenters. The van der Waals surface area contributed by atoms with Gasteiger partial charge in [0.1, 0.15) is 12.1 Å². The maximum atomic E-state index is 12.5. The summed E-state index contributed by atoms with van der Waals surface area (Å²) in [5.41, 5.74) is 5.32. The Hall–Kier alpha value is -1.03. The van der Waals surface area contributed by atoms with E-state index in [1.54, 1.807) is 0 Å². The van der Waals surface area contributed by atoms with Crippen molar-refractivity contribution in [3.63, 3.8) is 0 Å². The minimum absolute atomic E-state index is 0.0242. The second-order valence-electron chi connectivity index (χ2n) is 12.4. The fourth-order valence-corrected chi connectivity index (χ4v) is 5.79. The van der Waals surface area contributed by atoms with E-state index >= 15 is 0 Å². The van der Waals surface area contributed by atoms with Crippen molar-refractivity contribution in [2.24, 2.45) is 5.73 Å². The van der Waals surface area contributed by atoms with Crippen LogP contribution in [0, 0.1) is 0 Å². The Morgan fingerprint density at radius 2 is 1.02 bits per heavy atom. The predicted molar refractivity (Wildman–Crippen MR) is 180 cm³/mol. The van der Waals surface area contributed by atoms with Crippen molar-refractivity contribution in [1.82, 2.24) is 0 Å². The molecule has 0 spiro atoms. The number of nitrogens with two attached hydrogens (primary N) is 1. The minimum Gasteiger partial charge on any atom is -0.480 e. The third-order valence-electron chi connectivity index (χ3n) is 7.89. The van der Waals surface area contributed by atoms with Gasteiger partial charge in [-0.05, 0) is 12.8 Å². The molecule has 0 saturated heterocycles. The highest BCUT2D eigenvalue weighted by molar-refractivity contribution is 7.47. The lowest BCUT2D eigenvalue weighted by molar-refractivity contribution is -0.154. The van der Waals surface area contributed by atoms with Gasteiger partial charge in [0.2, 0.25) is 0 Å². The predicted octanol–water partition coefficient (Wildman–Crippen LogP) is 8.86. The number of hydrogen-bond donors (Lipinski definition) is 3. The van der Waals surface area contributed by atoms with Crippen LogP contribution in [0.3, 0.4) is 0 Å². The van der Waals surface area contributed by atoms with Crippen molar-refractivity contribution >= 4 is 19.8 Å². The van der Waals surface area contributed by atoms with Crippen LogP contribution in [0.4, 0.5) is 0 Å². The normalized spacial score (nSPS) is 14.2. The maximum Gasteiger partial charge on any atom is 0.472 e. The lowest BCUT2D eigenvalue weighted by atomic mass is 10.0. The number of carboxylic acid groups (broad SMARTS) is 1. The lowest BCUT2D eigenvalue weighted by Crippen LogP contribution is -2.34. The Kier molecular flexibility index (Phi) is 30.8. The zero-order valence-electron chi connectivity index (χ0n) is 28.7. The lowest BCUT2D eigenvalue weighted by Gasteiger charge is -2.20. The van der Waals surface area contributed by atoms with Gasteiger partial charge in [0.25, 0.3) is 0 Å². The van der Waals surface area contributed by atoms with Crippen LogP contribution in [-0.2, 0) is 32.7 Å². The van der Waals surface area contributed by atoms with Crippen molar-refractivity contribution in [2.75, 3.05) is 26.4 Å². The van der Waals surface area contributed by atoms with Crippen LogP contribution >= 0.6 is 7.82 Å². The van der Waals surface area contributed by atoms with Crippen molar-refractivity contribution in [3.8, 4) is 0 Å². The van der Waals surface area contributed by atoms with E-state index in [-0.39, 0.29) is 13.0 Å². The molecule has 0 aromatic rings. The zero-order valence-corrected chi connectivity index (χ0v) is 29.6. The summed E-state index contributed by atoms with van der Waals surface area (Å²) in [4.78, 5) is 33.3. The number of carbonyl (C=O) groups is 2. The van der Waals surface area contributed by atoms with Gasteiger partial charge in [-0.3, -0.25) is 18.6 Å². The molecule has 0 saturated carbocycles. The van der Waals surface area contributed by atoms with Crippen molar-refractivity contribution in [2.45, 2.75) is 180 Å². The fourth-order valence-electron chi connectivity index (χ4n) is 5.01. The van der Waals surface area contributed by atoms with E-state index in [9.17, 15) is 19.0 Å². The molecule has 0 amide bonds. The van der Waals surface area contributed by atoms with Crippen LogP contribution < -0.4 is 5.73 Å². The molecule has 3 atom stereocenters. The summed E-state index contributed by atoms with van der Waals surface area (Å²) in [5.74, 6) is -1.77. The Morgan fingerprint density at radius 3 is 1.47 bits per heavy atom. The van der Waals surface area contributed by atoms with Gasteiger partial charge in [-0.25, -0.2) is 4.57 Å². The van der Waals surface area contributed by atoms with Gasteiger partial charge >= 0.3 is 19.8 Å². The number of unbranched alkanes of at least 4 members (excludes halogenated alkanes) is 21. The van der Waals surface area contributed by atoms with Crippen molar-refractivity contribution in [1.29, 1.82) is 0 Å². The first-order valence-electron chi connectivity index (χ1n) is 18.1. The van der Waals surface area contributed by atoms with Crippen LogP contribution in [0.2, 0.25) is 0 Å². The molecule has 10 nitrogen and oxygen atoms in total. The van der Waals surface area contributed by atoms with Crippen LogP contribution in [0.1, 0.15) is 168 Å². The van der Waals surface area contributed by atoms with Crippen LogP contribution in [-0.4, -0.2) is 60.5 Å². The highest BCUT2D eigenvalue weighted by Crippen LogP contribution is 2.43. The molecule has 0 fully saturated rings. The highest BCUT2D eigenvalue weighted by atomic mass is 31.2. The zero-order chi connectivity index (χ0) is 33.4. The molecule has 0 rings (SSSR count). The molecule has 4 N–H and O–H groups in total. The molecule has 45 heavy (non-hydrogen) atoms. The number of ether oxygens (including phenoxy) is 2. The van der Waals surface area contributed by atoms with Gasteiger partial charge in [0, 0.05) is 13.0 Å². The number of carboxylic acids is 1. The van der Waals surface area contributed by atoms with Gasteiger partial charge in [-0.15, -0.1) is 0 Å². The Balaban J connectivity index is 4.30. The summed E-state index contributed by atoms with van der Waals surface area (Å²) >= 11 is 0. The van der Waals surface area contributed by atoms with Crippen LogP contribution in [0.25, 0.3) is 0 Å². The summed E-state index contributed by atoms with van der Waals surface area (Å²) < 4.78 is 33.1. The average molecular weight is 666 g/mol. The highest BCUT2D eigenvalue weighted by Gasteiger charge is 2.27. The van der Waals surface area contributed by atoms with Crippen molar-refractivity contribution in [3.05, 3.63) is 0 Å². The van der Waals surface area contributed by atoms with Gasteiger partial charge in [-0.2, -0.15) is 0 Å². The second-order valence-corrected chi connectivity index (χ2v) is 13.8. The molecule has 0 aromatic heterocycles. The molecule has 0 bridgehead atoms. The van der Waals surface area contributed by atoms with Crippen molar-refractivity contribution < 1.29 is 42.7 Å². The first kappa shape index (κ1) is 44.0. The van der Waals surface area contributed by atoms with Crippen LogP contribution in [0.5, 0.6) is 0 Å². The number of carbonyl (C=O) groups excluding carboxylic acids is 1. The number of phosphoric acid groups is 1. The maximum absolute atomic E-state index is 12.5. The van der Waals surface area contributed by atoms with E-state index in [4.69, 9.17) is 24.8 Å². The van der Waals surface area contributed by atoms with E-state index in [2.05, 4.69) is 18.4 Å². The Bertz CT molecular complexity index is 740. The number of phosphoric ester groups is 1. The fraction of sp³-hybridized carbons (Fsp3) is 0.941. The smallest absolute Gasteiger partial charge is 0.472 e. The molecule has 0 heterocycles. The standard InChI is InChI=1S/C34H68NO9P/c1-3-5-7-9-11-13-15-16-17-18-20-22-24-26-33(36)44-31(29-42-45(39,40)43-30-32(35)34(37)38)28-41-27-25-23-21-19-14-12-10-8-6-4-2/h31-32H,3-30,35H2,1-2H3,(H,37,38)(H,39,40). The number of hydrogen-bond acceptors (Lipinski definition) is 8. The molecule has 0 aliphatic rings. The molecular weight excluding hydrogens is 597 g/mol. The van der Waals surface area contributed by atoms with Gasteiger partial charge < -0.3 is 25.2 Å². The average Bonchev–Trinajstić information content (AvgIpc) is 3.01. The molecule has 11 heteroatoms. The second kappa shape index (κ2) is 31.6. The Morgan fingerprint density at radius 1 is 0.622 bits per heavy atom. The summed E-state index contributed by atoms with van der Waals surface area (Å²) in [6.07, 6.45) is 27.2. The number of esters is 1. The number of rotatable bonds is 35. The first-order valence-corrected chi connectivity index (χ1v) is 19.6. The van der Waals surface area contributed by atoms with E-state index in [1.807, 2.05) is 0 Å². The largest absolute Gasteiger partial charge is 0.480 e. The quantitative estimate of drug-likeness (QED) is 0.0340. The third-order valence-corrected chi connectivity index (χ3v) is 8.84. The first-order chi connectivity index (χ1) is 21.7. The summed E-state index contributed by atoms with van der Waals surface area (Å²) in [6.45, 7) is 3.87. The Labute approximate surface area is 274 Å². The molecule has 0 radical (unpaired) electrons. The monoisotopic (exact) mass is 665 g/mol. The van der Waals surface area contributed by atoms with Gasteiger partial charge in [0.05, 0.1) is 19.8 Å². The summed E-state index contributed by atoms with van der Waals surface area (Å²) in [5, 5.41) is 8.84. The molecule has 0 aliphatic heterocycles. The topological polar surface area (TPSA) is 155 Å². The van der Waals surface area contributed by atoms with Gasteiger partial charge in [0.15, 0.2) is 0 Å². The van der Waals surface area contributed by atoms with Crippen LogP contribution in [0.15, 0.2) is 0 Å². The SMILES string of the molecule is CCCCCCCCCCCCCCCC(=O)OC(COCCCCCCCCCCCC)COP(=O)(O)OCC(N)C(=O)O. The number of aliphatic carboxylic acids is 1. The molecule has 268 valence electrons.